The molecule has 358 valence electrons. The zero-order valence-corrected chi connectivity index (χ0v) is 37.0. The van der Waals surface area contributed by atoms with Crippen LogP contribution in [0.3, 0.4) is 0 Å². The van der Waals surface area contributed by atoms with Crippen LogP contribution in [-0.4, -0.2) is 104 Å². The van der Waals surface area contributed by atoms with Crippen molar-refractivity contribution in [1.29, 1.82) is 0 Å². The van der Waals surface area contributed by atoms with Gasteiger partial charge in [-0.2, -0.15) is 26.3 Å². The van der Waals surface area contributed by atoms with Gasteiger partial charge in [0.25, 0.3) is 0 Å². The van der Waals surface area contributed by atoms with Crippen LogP contribution in [0.2, 0.25) is 0 Å². The molecule has 4 bridgehead atoms. The summed E-state index contributed by atoms with van der Waals surface area (Å²) >= 11 is 0. The Morgan fingerprint density at radius 3 is 1.25 bits per heavy atom. The Balaban J connectivity index is 0.713. The molecular weight excluding hydrogens is 899 g/mol. The van der Waals surface area contributed by atoms with Gasteiger partial charge in [0.2, 0.25) is 11.8 Å². The molecule has 4 amide bonds. The summed E-state index contributed by atoms with van der Waals surface area (Å²) in [7, 11) is 2.32. The molecule has 8 saturated carbocycles. The molecule has 2 aromatic carbocycles. The lowest BCUT2D eigenvalue weighted by molar-refractivity contribution is -0.367. The Morgan fingerprint density at radius 1 is 0.588 bits per heavy atom. The molecule has 8 atom stereocenters. The molecule has 2 aromatic heterocycles. The lowest BCUT2D eigenvalue weighted by atomic mass is 9.32. The quantitative estimate of drug-likeness (QED) is 0.109. The number of carbonyl (C=O) groups is 4. The summed E-state index contributed by atoms with van der Waals surface area (Å²) < 4.78 is 92.3. The highest BCUT2D eigenvalue weighted by Gasteiger charge is 2.82. The van der Waals surface area contributed by atoms with Crippen molar-refractivity contribution in [3.63, 3.8) is 0 Å². The van der Waals surface area contributed by atoms with E-state index < -0.39 is 82.2 Å². The van der Waals surface area contributed by atoms with Crippen LogP contribution in [0.15, 0.2) is 60.9 Å². The lowest BCUT2D eigenvalue weighted by Crippen LogP contribution is -2.76. The van der Waals surface area contributed by atoms with Crippen LogP contribution in [0.4, 0.5) is 35.9 Å². The number of alkyl halides is 6. The minimum absolute atomic E-state index is 0.0761. The Morgan fingerprint density at radius 2 is 0.926 bits per heavy atom. The number of halogens is 6. The molecule has 2 aliphatic heterocycles. The number of ether oxygens (including phenoxy) is 2. The Labute approximate surface area is 385 Å². The molecule has 4 N–H and O–H groups in total. The zero-order valence-electron chi connectivity index (χ0n) is 37.0. The molecule has 14 rings (SSSR count). The van der Waals surface area contributed by atoms with Crippen molar-refractivity contribution in [3.8, 4) is 33.6 Å². The van der Waals surface area contributed by atoms with E-state index >= 15 is 0 Å². The van der Waals surface area contributed by atoms with Gasteiger partial charge in [-0.15, -0.1) is 0 Å². The summed E-state index contributed by atoms with van der Waals surface area (Å²) in [5, 5.41) is 5.20. The number of methoxy groups -OCH3 is 2. The molecule has 4 heterocycles. The van der Waals surface area contributed by atoms with Gasteiger partial charge >= 0.3 is 24.5 Å². The third-order valence-electron chi connectivity index (χ3n) is 17.2. The molecule has 0 spiro atoms. The first-order valence-electron chi connectivity index (χ1n) is 23.1. The van der Waals surface area contributed by atoms with Crippen molar-refractivity contribution in [2.75, 3.05) is 14.2 Å². The van der Waals surface area contributed by atoms with Crippen molar-refractivity contribution < 1.29 is 55.0 Å². The van der Waals surface area contributed by atoms with Gasteiger partial charge in [0.15, 0.2) is 0 Å². The van der Waals surface area contributed by atoms with Gasteiger partial charge in [-0.05, 0) is 98.3 Å². The summed E-state index contributed by atoms with van der Waals surface area (Å²) in [6.07, 6.45) is -5.40. The topological polar surface area (TPSA) is 175 Å². The average Bonchev–Trinajstić information content (AvgIpc) is 3.83. The van der Waals surface area contributed by atoms with Crippen LogP contribution < -0.4 is 10.6 Å². The number of piperidine rings is 2. The van der Waals surface area contributed by atoms with Crippen molar-refractivity contribution in [3.05, 3.63) is 72.6 Å². The minimum Gasteiger partial charge on any atom is -0.453 e. The number of aromatic amines is 2. The molecule has 0 unspecified atom stereocenters. The second-order valence-corrected chi connectivity index (χ2v) is 21.1. The zero-order chi connectivity index (χ0) is 47.5. The van der Waals surface area contributed by atoms with E-state index in [0.717, 1.165) is 60.7 Å². The van der Waals surface area contributed by atoms with Crippen LogP contribution in [-0.2, 0) is 19.1 Å². The number of aromatic nitrogens is 4. The highest BCUT2D eigenvalue weighted by Crippen LogP contribution is 2.81. The van der Waals surface area contributed by atoms with E-state index in [9.17, 15) is 45.5 Å². The SMILES string of the molecule is COC(=O)N[C@H](C(=O)N1[C@@H]2C[C@@H]2C[C@H]1c1ncc(-c2ccc(-c3ccc(-c4cnc([C@@H]5C[C@H]6C[C@H]6N5C(=O)[C@@H](NC(=O)OC)C56CC(C(F)(F)F)(C5)C6)[nH]4)cc3)cc2)[nH]1)C12CC(C(F)(F)F)(C1)C2. The first kappa shape index (κ1) is 43.2. The summed E-state index contributed by atoms with van der Waals surface area (Å²) in [6, 6.07) is 12.5. The molecule has 10 fully saturated rings. The third kappa shape index (κ3) is 6.29. The first-order valence-corrected chi connectivity index (χ1v) is 23.1. The number of benzene rings is 2. The van der Waals surface area contributed by atoms with Gasteiger partial charge in [-0.25, -0.2) is 19.6 Å². The fourth-order valence-corrected chi connectivity index (χ4v) is 13.6. The monoisotopic (exact) mass is 946 g/mol. The standard InChI is InChI=1S/C48H48F6N8O6/c1-67-41(65)59-35(43-17-45(18-43,19-43)47(49,50)51)39(63)61-31-11-27(31)13-33(61)37-55-15-29(57-37)25-7-3-23(4-8-25)24-5-9-26(10-6-24)30-16-56-38(58-30)34-14-28-12-32(28)62(34)40(64)36(60-42(66)68-2)44-20-46(21-44,22-44)48(52,53)54/h3-10,15-16,27-28,31-36H,11-14,17-22H2,1-2H3,(H,55,57)(H,56,58)(H,59,65)(H,60,66)/t27-,28-,31-,32-,33+,34+,35-,36-,43?,44?,45?,46?/m1/s1. The Kier molecular flexibility index (Phi) is 9.05. The molecule has 4 aromatic rings. The third-order valence-corrected chi connectivity index (χ3v) is 17.2. The highest BCUT2D eigenvalue weighted by molar-refractivity contribution is 5.89. The molecule has 10 aliphatic rings. The maximum absolute atomic E-state index is 14.3. The average molecular weight is 947 g/mol. The summed E-state index contributed by atoms with van der Waals surface area (Å²) in [4.78, 5) is 72.9. The number of rotatable bonds is 11. The fraction of sp³-hybridized carbons (Fsp3) is 0.542. The number of H-pyrrole nitrogens is 2. The van der Waals surface area contributed by atoms with Gasteiger partial charge < -0.3 is 39.9 Å². The number of likely N-dealkylation sites (tertiary alicyclic amines) is 2. The summed E-state index contributed by atoms with van der Waals surface area (Å²) in [5.41, 5.74) is -0.468. The normalized spacial score (nSPS) is 34.2. The van der Waals surface area contributed by atoms with Gasteiger partial charge in [-0.3, -0.25) is 9.59 Å². The number of hydrogen-bond donors (Lipinski definition) is 4. The van der Waals surface area contributed by atoms with Crippen molar-refractivity contribution in [1.82, 2.24) is 40.4 Å². The second-order valence-electron chi connectivity index (χ2n) is 21.1. The van der Waals surface area contributed by atoms with Crippen molar-refractivity contribution in [2.45, 2.75) is 113 Å². The van der Waals surface area contributed by atoms with Gasteiger partial charge in [0.1, 0.15) is 23.7 Å². The molecule has 0 radical (unpaired) electrons. The number of nitrogens with zero attached hydrogens (tertiary/aromatic N) is 4. The number of amides is 4. The molecule has 20 heteroatoms. The molecule has 68 heavy (non-hydrogen) atoms. The number of fused-ring (bicyclic) bond motifs is 2. The van der Waals surface area contributed by atoms with Crippen LogP contribution >= 0.6 is 0 Å². The van der Waals surface area contributed by atoms with Crippen LogP contribution in [0, 0.1) is 33.5 Å². The number of nitrogens with one attached hydrogen (secondary N) is 4. The van der Waals surface area contributed by atoms with E-state index in [1.54, 1.807) is 22.2 Å². The van der Waals surface area contributed by atoms with Gasteiger partial charge in [0.05, 0.1) is 60.9 Å². The highest BCUT2D eigenvalue weighted by atomic mass is 19.4. The van der Waals surface area contributed by atoms with Crippen molar-refractivity contribution in [2.24, 2.45) is 33.5 Å². The predicted molar refractivity (Wildman–Crippen MR) is 227 cm³/mol. The van der Waals surface area contributed by atoms with E-state index in [2.05, 4.69) is 30.6 Å². The number of imidazole rings is 2. The Bertz CT molecular complexity index is 2530. The number of carbonyl (C=O) groups excluding carboxylic acids is 4. The smallest absolute Gasteiger partial charge is 0.407 e. The fourth-order valence-electron chi connectivity index (χ4n) is 13.6. The van der Waals surface area contributed by atoms with E-state index in [0.29, 0.717) is 24.5 Å². The largest absolute Gasteiger partial charge is 0.453 e. The predicted octanol–water partition coefficient (Wildman–Crippen LogP) is 8.37. The van der Waals surface area contributed by atoms with E-state index in [4.69, 9.17) is 9.47 Å². The maximum Gasteiger partial charge on any atom is 0.407 e. The van der Waals surface area contributed by atoms with E-state index in [-0.39, 0.29) is 62.4 Å². The van der Waals surface area contributed by atoms with Crippen LogP contribution in [0.25, 0.3) is 33.6 Å². The lowest BCUT2D eigenvalue weighted by Gasteiger charge is -2.72. The van der Waals surface area contributed by atoms with Gasteiger partial charge in [0, 0.05) is 22.9 Å². The van der Waals surface area contributed by atoms with Gasteiger partial charge in [-0.1, -0.05) is 48.5 Å². The van der Waals surface area contributed by atoms with Crippen LogP contribution in [0.1, 0.15) is 87.9 Å². The van der Waals surface area contributed by atoms with Crippen LogP contribution in [0.5, 0.6) is 0 Å². The molecular formula is C48H48F6N8O6. The summed E-state index contributed by atoms with van der Waals surface area (Å²) in [5.74, 6) is 0.818. The maximum atomic E-state index is 14.3. The molecule has 14 nitrogen and oxygen atoms in total. The first-order chi connectivity index (χ1) is 32.3. The van der Waals surface area contributed by atoms with E-state index in [1.165, 1.54) is 0 Å². The Hall–Kier alpha value is -6.08. The number of alkyl carbamates (subject to hydrolysis) is 2. The summed E-state index contributed by atoms with van der Waals surface area (Å²) in [6.45, 7) is 0. The second kappa shape index (κ2) is 14.2. The van der Waals surface area contributed by atoms with Crippen molar-refractivity contribution >= 4 is 24.0 Å². The number of hydrogen-bond acceptors (Lipinski definition) is 8. The minimum atomic E-state index is -4.37. The molecule has 8 aliphatic carbocycles. The van der Waals surface area contributed by atoms with E-state index in [1.807, 2.05) is 48.5 Å². The molecule has 2 saturated heterocycles.